The second kappa shape index (κ2) is 4.81. The average Bonchev–Trinajstić information content (AvgIpc) is 3.24. The predicted molar refractivity (Wildman–Crippen MR) is 83.6 cm³/mol. The Morgan fingerprint density at radius 3 is 2.50 bits per heavy atom. The first kappa shape index (κ1) is 13.8. The van der Waals surface area contributed by atoms with E-state index in [4.69, 9.17) is 0 Å². The number of benzene rings is 1. The first-order chi connectivity index (χ1) is 10.6. The van der Waals surface area contributed by atoms with Crippen LogP contribution in [0.15, 0.2) is 27.5 Å². The molecular weight excluding hydrogens is 350 g/mol. The number of hydrogen-bond acceptors (Lipinski definition) is 3. The van der Waals surface area contributed by atoms with Crippen LogP contribution in [-0.2, 0) is 9.59 Å². The Balaban J connectivity index is 1.94. The summed E-state index contributed by atoms with van der Waals surface area (Å²) in [4.78, 5) is 36.3. The number of halogens is 1. The topological polar surface area (TPSA) is 73.1 Å². The number of amides is 2. The molecule has 2 fully saturated rings. The molecule has 2 amide bonds. The van der Waals surface area contributed by atoms with Gasteiger partial charge >= 0.3 is 5.69 Å². The number of piperidine rings is 1. The van der Waals surface area contributed by atoms with Crippen LogP contribution in [0.3, 0.4) is 0 Å². The minimum Gasteiger partial charge on any atom is -0.295 e. The normalized spacial score (nSPS) is 22.1. The van der Waals surface area contributed by atoms with Gasteiger partial charge in [-0.15, -0.1) is 0 Å². The predicted octanol–water partition coefficient (Wildman–Crippen LogP) is 1.88. The van der Waals surface area contributed by atoms with Gasteiger partial charge in [0.1, 0.15) is 6.04 Å². The van der Waals surface area contributed by atoms with Crippen molar-refractivity contribution in [1.82, 2.24) is 14.5 Å². The van der Waals surface area contributed by atoms with Gasteiger partial charge in [-0.3, -0.25) is 24.0 Å². The number of fused-ring (bicyclic) bond motifs is 1. The van der Waals surface area contributed by atoms with Crippen LogP contribution in [0.5, 0.6) is 0 Å². The highest BCUT2D eigenvalue weighted by molar-refractivity contribution is 9.10. The zero-order chi connectivity index (χ0) is 15.4. The van der Waals surface area contributed by atoms with Crippen molar-refractivity contribution in [2.75, 3.05) is 0 Å². The summed E-state index contributed by atoms with van der Waals surface area (Å²) in [6.45, 7) is 0. The van der Waals surface area contributed by atoms with Crippen LogP contribution in [0, 0.1) is 0 Å². The maximum atomic E-state index is 12.9. The van der Waals surface area contributed by atoms with Crippen molar-refractivity contribution in [1.29, 1.82) is 0 Å². The highest BCUT2D eigenvalue weighted by Crippen LogP contribution is 2.37. The van der Waals surface area contributed by atoms with Crippen molar-refractivity contribution in [3.05, 3.63) is 33.2 Å². The zero-order valence-electron chi connectivity index (χ0n) is 11.7. The molecule has 0 spiro atoms. The quantitative estimate of drug-likeness (QED) is 0.827. The fourth-order valence-corrected chi connectivity index (χ4v) is 3.48. The molecule has 1 unspecified atom stereocenters. The van der Waals surface area contributed by atoms with Crippen molar-refractivity contribution in [3.63, 3.8) is 0 Å². The summed E-state index contributed by atoms with van der Waals surface area (Å²) in [5, 5.41) is 2.33. The molecule has 1 atom stereocenters. The third-order valence-electron chi connectivity index (χ3n) is 4.30. The summed E-state index contributed by atoms with van der Waals surface area (Å²) in [5.74, 6) is -0.668. The Morgan fingerprint density at radius 2 is 1.82 bits per heavy atom. The molecule has 1 N–H and O–H groups in total. The highest BCUT2D eigenvalue weighted by atomic mass is 79.9. The number of carbonyl (C=O) groups excluding carboxylic acids is 2. The zero-order valence-corrected chi connectivity index (χ0v) is 13.3. The van der Waals surface area contributed by atoms with E-state index in [2.05, 4.69) is 21.2 Å². The summed E-state index contributed by atoms with van der Waals surface area (Å²) in [5.41, 5.74) is 1.42. The number of nitrogens with one attached hydrogen (secondary N) is 1. The lowest BCUT2D eigenvalue weighted by atomic mass is 10.1. The van der Waals surface area contributed by atoms with Crippen molar-refractivity contribution in [2.24, 2.45) is 0 Å². The molecule has 1 saturated carbocycles. The van der Waals surface area contributed by atoms with Gasteiger partial charge in [0.15, 0.2) is 0 Å². The van der Waals surface area contributed by atoms with Gasteiger partial charge in [0.05, 0.1) is 11.0 Å². The van der Waals surface area contributed by atoms with Gasteiger partial charge in [-0.25, -0.2) is 4.79 Å². The lowest BCUT2D eigenvalue weighted by Crippen LogP contribution is -2.44. The summed E-state index contributed by atoms with van der Waals surface area (Å²) in [7, 11) is 0. The Kier molecular flexibility index (Phi) is 3.00. The van der Waals surface area contributed by atoms with Crippen molar-refractivity contribution >= 4 is 38.8 Å². The molecule has 2 aliphatic rings. The van der Waals surface area contributed by atoms with Gasteiger partial charge < -0.3 is 0 Å². The Labute approximate surface area is 134 Å². The van der Waals surface area contributed by atoms with Gasteiger partial charge in [-0.2, -0.15) is 0 Å². The van der Waals surface area contributed by atoms with Crippen molar-refractivity contribution < 1.29 is 9.59 Å². The molecule has 1 aliphatic heterocycles. The van der Waals surface area contributed by atoms with E-state index < -0.39 is 11.9 Å². The van der Waals surface area contributed by atoms with Gasteiger partial charge in [0.2, 0.25) is 11.8 Å². The lowest BCUT2D eigenvalue weighted by Gasteiger charge is -2.21. The molecule has 0 bridgehead atoms. The lowest BCUT2D eigenvalue weighted by molar-refractivity contribution is -0.135. The number of carbonyl (C=O) groups is 2. The van der Waals surface area contributed by atoms with E-state index in [-0.39, 0.29) is 24.1 Å². The van der Waals surface area contributed by atoms with Gasteiger partial charge in [0.25, 0.3) is 0 Å². The second-order valence-corrected chi connectivity index (χ2v) is 6.77. The van der Waals surface area contributed by atoms with Crippen molar-refractivity contribution in [3.8, 4) is 0 Å². The van der Waals surface area contributed by atoms with E-state index in [0.29, 0.717) is 6.42 Å². The summed E-state index contributed by atoms with van der Waals surface area (Å²) < 4.78 is 4.22. The summed E-state index contributed by atoms with van der Waals surface area (Å²) in [6.07, 6.45) is 2.60. The van der Waals surface area contributed by atoms with Crippen LogP contribution in [-0.4, -0.2) is 20.9 Å². The maximum Gasteiger partial charge on any atom is 0.330 e. The number of nitrogens with zero attached hydrogens (tertiary/aromatic N) is 2. The third kappa shape index (κ3) is 2.03. The molecule has 114 valence electrons. The minimum atomic E-state index is -0.617. The van der Waals surface area contributed by atoms with E-state index in [1.54, 1.807) is 9.13 Å². The molecule has 4 rings (SSSR count). The van der Waals surface area contributed by atoms with E-state index in [9.17, 15) is 14.4 Å². The number of aromatic nitrogens is 2. The Hall–Kier alpha value is -1.89. The molecule has 1 aromatic heterocycles. The van der Waals surface area contributed by atoms with Crippen LogP contribution in [0.1, 0.15) is 37.8 Å². The van der Waals surface area contributed by atoms with Crippen LogP contribution in [0.4, 0.5) is 0 Å². The Morgan fingerprint density at radius 1 is 1.05 bits per heavy atom. The average molecular weight is 364 g/mol. The molecule has 6 nitrogen and oxygen atoms in total. The molecule has 0 radical (unpaired) electrons. The molecule has 1 aliphatic carbocycles. The smallest absolute Gasteiger partial charge is 0.295 e. The second-order valence-electron chi connectivity index (χ2n) is 5.85. The van der Waals surface area contributed by atoms with Crippen LogP contribution in [0.2, 0.25) is 0 Å². The molecule has 2 heterocycles. The number of imidazole rings is 1. The highest BCUT2D eigenvalue weighted by Gasteiger charge is 2.34. The number of rotatable bonds is 2. The number of hydrogen-bond donors (Lipinski definition) is 1. The first-order valence-corrected chi connectivity index (χ1v) is 8.11. The standard InChI is InChI=1S/C15H14BrN3O3/c16-8-1-4-10-12(7-8)18(9-2-3-9)15(22)19(10)11-5-6-13(20)17-14(11)21/h1,4,7,9,11H,2-3,5-6H2,(H,17,20,21). The van der Waals surface area contributed by atoms with Crippen molar-refractivity contribution in [2.45, 2.75) is 37.8 Å². The molecule has 7 heteroatoms. The van der Waals surface area contributed by atoms with Crippen LogP contribution in [0.25, 0.3) is 11.0 Å². The monoisotopic (exact) mass is 363 g/mol. The number of imide groups is 1. The summed E-state index contributed by atoms with van der Waals surface area (Å²) in [6, 6.07) is 5.23. The Bertz CT molecular complexity index is 863. The molecule has 2 aromatic rings. The fourth-order valence-electron chi connectivity index (χ4n) is 3.13. The van der Waals surface area contributed by atoms with E-state index >= 15 is 0 Å². The van der Waals surface area contributed by atoms with E-state index in [1.807, 2.05) is 18.2 Å². The van der Waals surface area contributed by atoms with Gasteiger partial charge in [-0.05, 0) is 37.5 Å². The third-order valence-corrected chi connectivity index (χ3v) is 4.80. The van der Waals surface area contributed by atoms with Crippen LogP contribution < -0.4 is 11.0 Å². The van der Waals surface area contributed by atoms with Crippen LogP contribution >= 0.6 is 15.9 Å². The largest absolute Gasteiger partial charge is 0.330 e. The van der Waals surface area contributed by atoms with E-state index in [1.165, 1.54) is 0 Å². The first-order valence-electron chi connectivity index (χ1n) is 7.32. The molecule has 1 aromatic carbocycles. The molecule has 1 saturated heterocycles. The maximum absolute atomic E-state index is 12.9. The van der Waals surface area contributed by atoms with E-state index in [0.717, 1.165) is 28.3 Å². The molecular formula is C15H14BrN3O3. The van der Waals surface area contributed by atoms with Gasteiger partial charge in [0, 0.05) is 16.9 Å². The molecule has 22 heavy (non-hydrogen) atoms. The SMILES string of the molecule is O=C1CCC(n2c(=O)n(C3CC3)c3cc(Br)ccc32)C(=O)N1. The minimum absolute atomic E-state index is 0.162. The fraction of sp³-hybridized carbons (Fsp3) is 0.400. The summed E-state index contributed by atoms with van der Waals surface area (Å²) >= 11 is 3.44. The van der Waals surface area contributed by atoms with Gasteiger partial charge in [-0.1, -0.05) is 15.9 Å².